The molecule has 0 aliphatic heterocycles. The summed E-state index contributed by atoms with van der Waals surface area (Å²) < 4.78 is 36.0. The first kappa shape index (κ1) is 18.0. The number of aliphatic hydroxyl groups is 1. The fraction of sp³-hybridized carbons (Fsp3) is 0.417. The van der Waals surface area contributed by atoms with Gasteiger partial charge in [0, 0.05) is 13.3 Å². The van der Waals surface area contributed by atoms with Gasteiger partial charge in [0.05, 0.1) is 0 Å². The fourth-order valence-electron chi connectivity index (χ4n) is 0.729. The first-order valence-corrected chi connectivity index (χ1v) is 5.06. The summed E-state index contributed by atoms with van der Waals surface area (Å²) in [5.41, 5.74) is -0.475. The summed E-state index contributed by atoms with van der Waals surface area (Å²) in [5, 5.41) is 7.00. The van der Waals surface area contributed by atoms with Crippen LogP contribution in [-0.4, -0.2) is 17.2 Å². The highest BCUT2D eigenvalue weighted by molar-refractivity contribution is 5.46. The van der Waals surface area contributed by atoms with E-state index in [4.69, 9.17) is 5.11 Å². The van der Waals surface area contributed by atoms with E-state index < -0.39 is 11.9 Å². The highest BCUT2D eigenvalue weighted by Crippen LogP contribution is 2.27. The predicted molar refractivity (Wildman–Crippen MR) is 63.4 cm³/mol. The summed E-state index contributed by atoms with van der Waals surface area (Å²) in [7, 11) is 1.00. The lowest BCUT2D eigenvalue weighted by Gasteiger charge is -2.04. The van der Waals surface area contributed by atoms with Gasteiger partial charge in [-0.2, -0.15) is 13.2 Å². The van der Waals surface area contributed by atoms with Crippen LogP contribution < -0.4 is 0 Å². The second-order valence-corrected chi connectivity index (χ2v) is 2.88. The molecule has 0 saturated heterocycles. The standard InChI is InChI=1S/C8H6F3N.C3H8.CH4O/c1-2-6-3-4-12-7(5-6)8(9,10)11;1-3-2;1-2/h2-5H,1H2;3H2,1-2H3;2H,1H3. The number of halogens is 3. The number of aromatic nitrogens is 1. The molecular formula is C12H18F3NO. The van der Waals surface area contributed by atoms with E-state index in [1.165, 1.54) is 18.6 Å². The molecule has 1 rings (SSSR count). The molecule has 98 valence electrons. The lowest BCUT2D eigenvalue weighted by Crippen LogP contribution is -2.07. The first-order chi connectivity index (χ1) is 7.95. The SMILES string of the molecule is C=Cc1ccnc(C(F)(F)F)c1.CCC.CO. The Bertz CT molecular complexity index is 311. The maximum absolute atomic E-state index is 12.0. The van der Waals surface area contributed by atoms with Crippen LogP contribution in [0, 0.1) is 0 Å². The zero-order valence-corrected chi connectivity index (χ0v) is 10.3. The Morgan fingerprint density at radius 2 is 1.82 bits per heavy atom. The van der Waals surface area contributed by atoms with Gasteiger partial charge in [0.2, 0.25) is 0 Å². The monoisotopic (exact) mass is 249 g/mol. The van der Waals surface area contributed by atoms with E-state index in [1.54, 1.807) is 0 Å². The molecule has 1 N–H and O–H groups in total. The summed E-state index contributed by atoms with van der Waals surface area (Å²) in [6.45, 7) is 7.61. The topological polar surface area (TPSA) is 33.1 Å². The smallest absolute Gasteiger partial charge is 0.400 e. The van der Waals surface area contributed by atoms with Crippen LogP contribution in [-0.2, 0) is 6.18 Å². The lowest BCUT2D eigenvalue weighted by atomic mass is 10.2. The number of hydrogen-bond donors (Lipinski definition) is 1. The van der Waals surface area contributed by atoms with Crippen molar-refractivity contribution in [2.24, 2.45) is 0 Å². The fourth-order valence-corrected chi connectivity index (χ4v) is 0.729. The van der Waals surface area contributed by atoms with E-state index >= 15 is 0 Å². The van der Waals surface area contributed by atoms with Gasteiger partial charge in [-0.3, -0.25) is 4.98 Å². The third kappa shape index (κ3) is 8.45. The van der Waals surface area contributed by atoms with Crippen molar-refractivity contribution in [3.8, 4) is 0 Å². The third-order valence-corrected chi connectivity index (χ3v) is 1.31. The Labute approximate surface area is 99.8 Å². The van der Waals surface area contributed by atoms with Gasteiger partial charge >= 0.3 is 6.18 Å². The molecule has 0 saturated carbocycles. The molecule has 1 heterocycles. The van der Waals surface area contributed by atoms with E-state index in [9.17, 15) is 13.2 Å². The molecule has 0 aliphatic carbocycles. The Hall–Kier alpha value is -1.36. The van der Waals surface area contributed by atoms with Gasteiger partial charge in [-0.25, -0.2) is 0 Å². The number of rotatable bonds is 1. The first-order valence-electron chi connectivity index (χ1n) is 5.06. The van der Waals surface area contributed by atoms with Gasteiger partial charge in [0.15, 0.2) is 0 Å². The van der Waals surface area contributed by atoms with Crippen LogP contribution in [0.25, 0.3) is 6.08 Å². The molecule has 0 fully saturated rings. The van der Waals surface area contributed by atoms with Crippen molar-refractivity contribution >= 4 is 6.08 Å². The molecule has 0 aliphatic rings. The average molecular weight is 249 g/mol. The minimum Gasteiger partial charge on any atom is -0.400 e. The molecule has 0 unspecified atom stereocenters. The van der Waals surface area contributed by atoms with Gasteiger partial charge in [-0.15, -0.1) is 0 Å². The highest BCUT2D eigenvalue weighted by Gasteiger charge is 2.32. The van der Waals surface area contributed by atoms with Gasteiger partial charge in [0.1, 0.15) is 5.69 Å². The van der Waals surface area contributed by atoms with Crippen LogP contribution in [0.15, 0.2) is 24.9 Å². The minimum atomic E-state index is -4.38. The van der Waals surface area contributed by atoms with Crippen LogP contribution in [0.1, 0.15) is 31.5 Å². The van der Waals surface area contributed by atoms with Gasteiger partial charge < -0.3 is 5.11 Å². The number of nitrogens with zero attached hydrogens (tertiary/aromatic N) is 1. The molecule has 0 amide bonds. The van der Waals surface area contributed by atoms with E-state index in [-0.39, 0.29) is 0 Å². The third-order valence-electron chi connectivity index (χ3n) is 1.31. The summed E-state index contributed by atoms with van der Waals surface area (Å²) >= 11 is 0. The molecule has 0 bridgehead atoms. The van der Waals surface area contributed by atoms with Crippen molar-refractivity contribution in [3.05, 3.63) is 36.2 Å². The zero-order chi connectivity index (χ0) is 13.9. The average Bonchev–Trinajstić information content (AvgIpc) is 2.32. The Kier molecular flexibility index (Phi) is 10.4. The minimum absolute atomic E-state index is 0.414. The van der Waals surface area contributed by atoms with E-state index in [1.807, 2.05) is 0 Å². The van der Waals surface area contributed by atoms with Gasteiger partial charge in [-0.05, 0) is 17.7 Å². The summed E-state index contributed by atoms with van der Waals surface area (Å²) in [4.78, 5) is 3.19. The molecule has 0 aromatic carbocycles. The van der Waals surface area contributed by atoms with Crippen LogP contribution in [0.3, 0.4) is 0 Å². The molecule has 2 nitrogen and oxygen atoms in total. The van der Waals surface area contributed by atoms with E-state index in [2.05, 4.69) is 25.4 Å². The summed E-state index contributed by atoms with van der Waals surface area (Å²) in [6.07, 6.45) is -0.671. The van der Waals surface area contributed by atoms with Crippen molar-refractivity contribution in [2.45, 2.75) is 26.4 Å². The summed E-state index contributed by atoms with van der Waals surface area (Å²) in [6, 6.07) is 2.41. The zero-order valence-electron chi connectivity index (χ0n) is 10.3. The van der Waals surface area contributed by atoms with Crippen LogP contribution in [0.2, 0.25) is 0 Å². The normalized spacial score (nSPS) is 9.35. The van der Waals surface area contributed by atoms with Crippen LogP contribution >= 0.6 is 0 Å². The number of pyridine rings is 1. The maximum atomic E-state index is 12.0. The molecule has 1 aromatic rings. The van der Waals surface area contributed by atoms with Crippen molar-refractivity contribution in [1.29, 1.82) is 0 Å². The number of hydrogen-bond acceptors (Lipinski definition) is 2. The molecule has 17 heavy (non-hydrogen) atoms. The molecule has 0 atom stereocenters. The second kappa shape index (κ2) is 9.84. The van der Waals surface area contributed by atoms with Crippen molar-refractivity contribution in [2.75, 3.05) is 7.11 Å². The van der Waals surface area contributed by atoms with Gasteiger partial charge in [0.25, 0.3) is 0 Å². The van der Waals surface area contributed by atoms with Crippen molar-refractivity contribution in [3.63, 3.8) is 0 Å². The number of alkyl halides is 3. The van der Waals surface area contributed by atoms with Crippen LogP contribution in [0.4, 0.5) is 13.2 Å². The maximum Gasteiger partial charge on any atom is 0.433 e. The Morgan fingerprint density at radius 3 is 2.18 bits per heavy atom. The largest absolute Gasteiger partial charge is 0.433 e. The molecule has 0 radical (unpaired) electrons. The Morgan fingerprint density at radius 1 is 1.35 bits per heavy atom. The molecule has 1 aromatic heterocycles. The predicted octanol–water partition coefficient (Wildman–Crippen LogP) is 3.77. The van der Waals surface area contributed by atoms with Crippen molar-refractivity contribution < 1.29 is 18.3 Å². The summed E-state index contributed by atoms with van der Waals surface area (Å²) in [5.74, 6) is 0. The molecule has 0 spiro atoms. The van der Waals surface area contributed by atoms with Crippen LogP contribution in [0.5, 0.6) is 0 Å². The van der Waals surface area contributed by atoms with E-state index in [0.717, 1.165) is 19.4 Å². The molecular weight excluding hydrogens is 231 g/mol. The van der Waals surface area contributed by atoms with E-state index in [0.29, 0.717) is 5.56 Å². The molecule has 5 heteroatoms. The quantitative estimate of drug-likeness (QED) is 0.821. The number of aliphatic hydroxyl groups excluding tert-OH is 1. The van der Waals surface area contributed by atoms with Gasteiger partial charge in [-0.1, -0.05) is 32.9 Å². The lowest BCUT2D eigenvalue weighted by molar-refractivity contribution is -0.141. The Balaban J connectivity index is 0. The highest BCUT2D eigenvalue weighted by atomic mass is 19.4. The van der Waals surface area contributed by atoms with Crippen molar-refractivity contribution in [1.82, 2.24) is 4.98 Å². The second-order valence-electron chi connectivity index (χ2n) is 2.88.